The van der Waals surface area contributed by atoms with E-state index < -0.39 is 0 Å². The van der Waals surface area contributed by atoms with Gasteiger partial charge in [0.2, 0.25) is 0 Å². The number of anilines is 1. The van der Waals surface area contributed by atoms with Crippen molar-refractivity contribution in [3.05, 3.63) is 33.3 Å². The van der Waals surface area contributed by atoms with Gasteiger partial charge in [0.25, 0.3) is 5.69 Å². The van der Waals surface area contributed by atoms with Crippen molar-refractivity contribution in [3.8, 4) is 0 Å². The van der Waals surface area contributed by atoms with Crippen LogP contribution in [-0.2, 0) is 0 Å². The van der Waals surface area contributed by atoms with Gasteiger partial charge in [-0.05, 0) is 24.8 Å². The highest BCUT2D eigenvalue weighted by Crippen LogP contribution is 2.43. The number of nitrogens with zero attached hydrogens (tertiary/aromatic N) is 2. The van der Waals surface area contributed by atoms with Crippen LogP contribution in [0, 0.1) is 22.0 Å². The molecular formula is C13H16ClN3O2. The average Bonchev–Trinajstić information content (AvgIpc) is 2.93. The summed E-state index contributed by atoms with van der Waals surface area (Å²) in [5, 5.41) is 15.0. The molecule has 102 valence electrons. The lowest BCUT2D eigenvalue weighted by Gasteiger charge is -2.27. The summed E-state index contributed by atoms with van der Waals surface area (Å²) in [6, 6.07) is 5.16. The third-order valence-corrected chi connectivity index (χ3v) is 4.69. The summed E-state index contributed by atoms with van der Waals surface area (Å²) in [4.78, 5) is 13.0. The first-order chi connectivity index (χ1) is 9.09. The number of nitro benzene ring substituents is 1. The zero-order valence-corrected chi connectivity index (χ0v) is 11.4. The summed E-state index contributed by atoms with van der Waals surface area (Å²) < 4.78 is 0. The Morgan fingerprint density at radius 1 is 1.47 bits per heavy atom. The first-order valence-corrected chi connectivity index (χ1v) is 6.87. The SMILES string of the molecule is CC1C2CNCC2CN1c1c(Cl)cccc1[N+](=O)[O-]. The molecule has 2 aliphatic rings. The first-order valence-electron chi connectivity index (χ1n) is 6.50. The fraction of sp³-hybridized carbons (Fsp3) is 0.538. The molecule has 5 nitrogen and oxygen atoms in total. The van der Waals surface area contributed by atoms with Crippen LogP contribution in [0.4, 0.5) is 11.4 Å². The zero-order valence-electron chi connectivity index (χ0n) is 10.7. The maximum absolute atomic E-state index is 11.2. The summed E-state index contributed by atoms with van der Waals surface area (Å²) in [6.07, 6.45) is 0. The van der Waals surface area contributed by atoms with Gasteiger partial charge in [-0.1, -0.05) is 17.7 Å². The minimum atomic E-state index is -0.347. The van der Waals surface area contributed by atoms with Crippen LogP contribution in [-0.4, -0.2) is 30.6 Å². The fourth-order valence-electron chi connectivity index (χ4n) is 3.40. The van der Waals surface area contributed by atoms with Crippen LogP contribution in [0.3, 0.4) is 0 Å². The van der Waals surface area contributed by atoms with Gasteiger partial charge in [0.15, 0.2) is 0 Å². The second kappa shape index (κ2) is 4.65. The third kappa shape index (κ3) is 1.97. The van der Waals surface area contributed by atoms with Gasteiger partial charge in [-0.3, -0.25) is 10.1 Å². The Balaban J connectivity index is 2.01. The molecule has 2 saturated heterocycles. The second-order valence-electron chi connectivity index (χ2n) is 5.34. The van der Waals surface area contributed by atoms with Crippen molar-refractivity contribution in [2.24, 2.45) is 11.8 Å². The Kier molecular flexibility index (Phi) is 3.11. The minimum Gasteiger partial charge on any atom is -0.361 e. The summed E-state index contributed by atoms with van der Waals surface area (Å²) in [5.74, 6) is 1.11. The highest BCUT2D eigenvalue weighted by Gasteiger charge is 2.44. The van der Waals surface area contributed by atoms with Crippen LogP contribution in [0.2, 0.25) is 5.02 Å². The molecule has 0 aromatic heterocycles. The monoisotopic (exact) mass is 281 g/mol. The van der Waals surface area contributed by atoms with Crippen LogP contribution >= 0.6 is 11.6 Å². The predicted octanol–water partition coefficient (Wildman–Crippen LogP) is 2.29. The highest BCUT2D eigenvalue weighted by molar-refractivity contribution is 6.33. The number of fused-ring (bicyclic) bond motifs is 1. The van der Waals surface area contributed by atoms with E-state index >= 15 is 0 Å². The van der Waals surface area contributed by atoms with Gasteiger partial charge in [-0.2, -0.15) is 0 Å². The molecule has 19 heavy (non-hydrogen) atoms. The quantitative estimate of drug-likeness (QED) is 0.667. The lowest BCUT2D eigenvalue weighted by atomic mass is 9.95. The van der Waals surface area contributed by atoms with E-state index in [4.69, 9.17) is 11.6 Å². The van der Waals surface area contributed by atoms with Crippen molar-refractivity contribution in [1.29, 1.82) is 0 Å². The second-order valence-corrected chi connectivity index (χ2v) is 5.75. The maximum Gasteiger partial charge on any atom is 0.294 e. The smallest absolute Gasteiger partial charge is 0.294 e. The topological polar surface area (TPSA) is 58.4 Å². The van der Waals surface area contributed by atoms with Gasteiger partial charge in [0.1, 0.15) is 5.69 Å². The van der Waals surface area contributed by atoms with E-state index in [9.17, 15) is 10.1 Å². The number of nitro groups is 1. The third-order valence-electron chi connectivity index (χ3n) is 4.38. The van der Waals surface area contributed by atoms with Crippen LogP contribution in [0.5, 0.6) is 0 Å². The standard InChI is InChI=1S/C13H16ClN3O2/c1-8-10-6-15-5-9(10)7-16(8)13-11(14)3-2-4-12(13)17(18)19/h2-4,8-10,15H,5-7H2,1H3. The Labute approximate surface area is 116 Å². The number of rotatable bonds is 2. The van der Waals surface area contributed by atoms with Crippen LogP contribution in [0.25, 0.3) is 0 Å². The van der Waals surface area contributed by atoms with Crippen molar-refractivity contribution in [3.63, 3.8) is 0 Å². The van der Waals surface area contributed by atoms with E-state index in [2.05, 4.69) is 17.1 Å². The van der Waals surface area contributed by atoms with Crippen LogP contribution in [0.15, 0.2) is 18.2 Å². The molecule has 1 N–H and O–H groups in total. The summed E-state index contributed by atoms with van der Waals surface area (Å²) in [6.45, 7) is 4.94. The summed E-state index contributed by atoms with van der Waals surface area (Å²) in [5.41, 5.74) is 0.684. The number of hydrogen-bond acceptors (Lipinski definition) is 4. The predicted molar refractivity (Wildman–Crippen MR) is 74.8 cm³/mol. The average molecular weight is 282 g/mol. The molecular weight excluding hydrogens is 266 g/mol. The molecule has 0 saturated carbocycles. The van der Waals surface area contributed by atoms with Gasteiger partial charge in [0, 0.05) is 31.7 Å². The Morgan fingerprint density at radius 2 is 2.26 bits per heavy atom. The van der Waals surface area contributed by atoms with E-state index in [1.165, 1.54) is 6.07 Å². The van der Waals surface area contributed by atoms with Crippen molar-refractivity contribution >= 4 is 23.0 Å². The minimum absolute atomic E-state index is 0.104. The summed E-state index contributed by atoms with van der Waals surface area (Å²) in [7, 11) is 0. The van der Waals surface area contributed by atoms with Crippen molar-refractivity contribution in [2.45, 2.75) is 13.0 Å². The zero-order chi connectivity index (χ0) is 13.6. The van der Waals surface area contributed by atoms with Gasteiger partial charge in [-0.15, -0.1) is 0 Å². The number of para-hydroxylation sites is 1. The normalized spacial score (nSPS) is 29.6. The highest BCUT2D eigenvalue weighted by atomic mass is 35.5. The lowest BCUT2D eigenvalue weighted by Crippen LogP contribution is -2.33. The molecule has 2 aliphatic heterocycles. The molecule has 0 spiro atoms. The van der Waals surface area contributed by atoms with E-state index in [-0.39, 0.29) is 16.7 Å². The number of nitrogens with one attached hydrogen (secondary N) is 1. The first kappa shape index (κ1) is 12.7. The van der Waals surface area contributed by atoms with Gasteiger partial charge in [-0.25, -0.2) is 0 Å². The van der Waals surface area contributed by atoms with E-state index in [0.717, 1.165) is 19.6 Å². The van der Waals surface area contributed by atoms with Crippen molar-refractivity contribution in [2.75, 3.05) is 24.5 Å². The maximum atomic E-state index is 11.2. The number of benzene rings is 1. The lowest BCUT2D eigenvalue weighted by molar-refractivity contribution is -0.384. The molecule has 0 amide bonds. The fourth-order valence-corrected chi connectivity index (χ4v) is 3.68. The van der Waals surface area contributed by atoms with Crippen LogP contribution in [0.1, 0.15) is 6.92 Å². The van der Waals surface area contributed by atoms with Crippen LogP contribution < -0.4 is 10.2 Å². The van der Waals surface area contributed by atoms with E-state index in [1.807, 2.05) is 0 Å². The molecule has 2 fully saturated rings. The molecule has 3 unspecified atom stereocenters. The van der Waals surface area contributed by atoms with Crippen molar-refractivity contribution in [1.82, 2.24) is 5.32 Å². The van der Waals surface area contributed by atoms with Crippen molar-refractivity contribution < 1.29 is 4.92 Å². The molecule has 3 atom stereocenters. The molecule has 3 rings (SSSR count). The molecule has 1 aromatic carbocycles. The van der Waals surface area contributed by atoms with Gasteiger partial charge >= 0.3 is 0 Å². The molecule has 6 heteroatoms. The molecule has 0 bridgehead atoms. The molecule has 1 aromatic rings. The molecule has 2 heterocycles. The Hall–Kier alpha value is -1.33. The summed E-state index contributed by atoms with van der Waals surface area (Å²) >= 11 is 6.21. The Morgan fingerprint density at radius 3 is 2.95 bits per heavy atom. The van der Waals surface area contributed by atoms with Gasteiger partial charge < -0.3 is 10.2 Å². The number of hydrogen-bond donors (Lipinski definition) is 1. The Bertz CT molecular complexity index is 523. The van der Waals surface area contributed by atoms with Gasteiger partial charge in [0.05, 0.1) is 9.95 Å². The van der Waals surface area contributed by atoms with E-state index in [1.54, 1.807) is 12.1 Å². The largest absolute Gasteiger partial charge is 0.361 e. The molecule has 0 aliphatic carbocycles. The number of halogens is 1. The van der Waals surface area contributed by atoms with E-state index in [0.29, 0.717) is 22.5 Å². The molecule has 0 radical (unpaired) electrons.